The number of fused-ring (bicyclic) bond motifs is 1. The van der Waals surface area contributed by atoms with Crippen molar-refractivity contribution in [3.63, 3.8) is 0 Å². The van der Waals surface area contributed by atoms with Gasteiger partial charge >= 0.3 is 0 Å². The van der Waals surface area contributed by atoms with Crippen LogP contribution in [-0.4, -0.2) is 48.5 Å². The van der Waals surface area contributed by atoms with Crippen LogP contribution in [0.1, 0.15) is 59.4 Å². The third kappa shape index (κ3) is 6.12. The van der Waals surface area contributed by atoms with Gasteiger partial charge in [-0.25, -0.2) is 4.98 Å². The van der Waals surface area contributed by atoms with Gasteiger partial charge in [0.2, 0.25) is 11.8 Å². The smallest absolute Gasteiger partial charge is 0.273 e. The molecule has 0 spiro atoms. The minimum atomic E-state index is -0.326. The zero-order valence-corrected chi connectivity index (χ0v) is 21.0. The number of nitrogens with one attached hydrogen (secondary N) is 1. The van der Waals surface area contributed by atoms with Crippen LogP contribution in [0.15, 0.2) is 59.2 Å². The van der Waals surface area contributed by atoms with Gasteiger partial charge in [-0.15, -0.1) is 0 Å². The molecule has 1 atom stereocenters. The topological polar surface area (TPSA) is 93.9 Å². The third-order valence-electron chi connectivity index (χ3n) is 6.10. The number of rotatable bonds is 10. The quantitative estimate of drug-likeness (QED) is 0.428. The van der Waals surface area contributed by atoms with Crippen molar-refractivity contribution in [3.8, 4) is 5.75 Å². The number of carbonyl (C=O) groups excluding carboxylic acids is 2. The van der Waals surface area contributed by atoms with Gasteiger partial charge in [-0.3, -0.25) is 9.59 Å². The van der Waals surface area contributed by atoms with Crippen LogP contribution in [0, 0.1) is 5.92 Å². The van der Waals surface area contributed by atoms with Gasteiger partial charge < -0.3 is 24.1 Å². The zero-order valence-electron chi connectivity index (χ0n) is 21.0. The van der Waals surface area contributed by atoms with E-state index in [4.69, 9.17) is 13.9 Å². The van der Waals surface area contributed by atoms with Crippen molar-refractivity contribution in [1.82, 2.24) is 15.2 Å². The second kappa shape index (κ2) is 11.9. The summed E-state index contributed by atoms with van der Waals surface area (Å²) in [5.41, 5.74) is 3.53. The lowest BCUT2D eigenvalue weighted by Gasteiger charge is -2.38. The van der Waals surface area contributed by atoms with Crippen LogP contribution in [0.5, 0.6) is 5.75 Å². The molecule has 0 radical (unpaired) electrons. The summed E-state index contributed by atoms with van der Waals surface area (Å²) in [7, 11) is 1.57. The molecule has 2 aromatic carbocycles. The van der Waals surface area contributed by atoms with E-state index in [2.05, 4.69) is 42.3 Å². The molecule has 2 heterocycles. The van der Waals surface area contributed by atoms with E-state index in [1.54, 1.807) is 7.11 Å². The molecule has 1 aliphatic rings. The minimum absolute atomic E-state index is 0.0795. The van der Waals surface area contributed by atoms with E-state index in [0.29, 0.717) is 37.8 Å². The largest absolute Gasteiger partial charge is 0.484 e. The summed E-state index contributed by atoms with van der Waals surface area (Å²) >= 11 is 0. The van der Waals surface area contributed by atoms with Gasteiger partial charge in [-0.05, 0) is 41.2 Å². The molecule has 1 aromatic heterocycles. The fourth-order valence-corrected chi connectivity index (χ4v) is 4.40. The van der Waals surface area contributed by atoms with Gasteiger partial charge in [0.15, 0.2) is 12.3 Å². The maximum absolute atomic E-state index is 13.2. The second-order valence-corrected chi connectivity index (χ2v) is 9.27. The Labute approximate surface area is 211 Å². The summed E-state index contributed by atoms with van der Waals surface area (Å²) in [6.45, 7) is 5.71. The summed E-state index contributed by atoms with van der Waals surface area (Å²) in [5.74, 6) is 1.08. The molecule has 8 nitrogen and oxygen atoms in total. The summed E-state index contributed by atoms with van der Waals surface area (Å²) in [6, 6.07) is 15.9. The first-order valence-electron chi connectivity index (χ1n) is 12.3. The van der Waals surface area contributed by atoms with Gasteiger partial charge in [0, 0.05) is 26.6 Å². The lowest BCUT2D eigenvalue weighted by atomic mass is 9.87. The number of nitrogens with zero attached hydrogens (tertiary/aromatic N) is 2. The third-order valence-corrected chi connectivity index (χ3v) is 6.10. The van der Waals surface area contributed by atoms with Crippen molar-refractivity contribution in [1.29, 1.82) is 0 Å². The summed E-state index contributed by atoms with van der Waals surface area (Å²) in [4.78, 5) is 31.5. The molecule has 1 aliphatic heterocycles. The Bertz CT molecular complexity index is 1170. The number of aromatic nitrogens is 1. The highest BCUT2D eigenvalue weighted by atomic mass is 16.5. The highest BCUT2D eigenvalue weighted by molar-refractivity contribution is 5.91. The molecule has 0 bridgehead atoms. The Morgan fingerprint density at radius 1 is 1.19 bits per heavy atom. The number of ether oxygens (including phenoxy) is 2. The van der Waals surface area contributed by atoms with Crippen LogP contribution >= 0.6 is 0 Å². The van der Waals surface area contributed by atoms with Crippen LogP contribution in [0.4, 0.5) is 0 Å². The van der Waals surface area contributed by atoms with Crippen molar-refractivity contribution in [2.75, 3.05) is 26.8 Å². The van der Waals surface area contributed by atoms with Crippen molar-refractivity contribution in [3.05, 3.63) is 83.1 Å². The number of carbonyl (C=O) groups is 2. The van der Waals surface area contributed by atoms with E-state index in [9.17, 15) is 9.59 Å². The van der Waals surface area contributed by atoms with Crippen molar-refractivity contribution in [2.24, 2.45) is 5.92 Å². The van der Waals surface area contributed by atoms with Gasteiger partial charge in [0.05, 0.1) is 12.6 Å². The lowest BCUT2D eigenvalue weighted by molar-refractivity contribution is -0.134. The van der Waals surface area contributed by atoms with E-state index in [0.717, 1.165) is 17.5 Å². The van der Waals surface area contributed by atoms with Crippen molar-refractivity contribution >= 4 is 11.8 Å². The van der Waals surface area contributed by atoms with Crippen LogP contribution in [0.3, 0.4) is 0 Å². The molecule has 3 aromatic rings. The molecule has 0 saturated heterocycles. The predicted molar refractivity (Wildman–Crippen MR) is 135 cm³/mol. The normalized spacial score (nSPS) is 15.0. The Morgan fingerprint density at radius 2 is 2.00 bits per heavy atom. The van der Waals surface area contributed by atoms with Gasteiger partial charge in [-0.2, -0.15) is 0 Å². The highest BCUT2D eigenvalue weighted by Crippen LogP contribution is 2.37. The Hall–Kier alpha value is -3.65. The maximum atomic E-state index is 13.2. The number of hydrogen-bond donors (Lipinski definition) is 1. The molecule has 2 amide bonds. The van der Waals surface area contributed by atoms with Crippen molar-refractivity contribution in [2.45, 2.75) is 39.3 Å². The molecule has 1 N–H and O–H groups in total. The first-order valence-corrected chi connectivity index (χ1v) is 12.3. The zero-order chi connectivity index (χ0) is 25.5. The monoisotopic (exact) mass is 491 g/mol. The minimum Gasteiger partial charge on any atom is -0.484 e. The molecule has 190 valence electrons. The maximum Gasteiger partial charge on any atom is 0.273 e. The van der Waals surface area contributed by atoms with Gasteiger partial charge in [-0.1, -0.05) is 50.2 Å². The van der Waals surface area contributed by atoms with Gasteiger partial charge in [0.1, 0.15) is 12.0 Å². The number of amides is 2. The summed E-state index contributed by atoms with van der Waals surface area (Å²) in [6.07, 6.45) is 2.63. The number of hydrogen-bond acceptors (Lipinski definition) is 6. The first kappa shape index (κ1) is 25.4. The van der Waals surface area contributed by atoms with Crippen LogP contribution in [0.25, 0.3) is 0 Å². The molecule has 0 fully saturated rings. The number of methoxy groups -OCH3 is 1. The average molecular weight is 492 g/mol. The molecule has 36 heavy (non-hydrogen) atoms. The van der Waals surface area contributed by atoms with E-state index >= 15 is 0 Å². The summed E-state index contributed by atoms with van der Waals surface area (Å²) < 4.78 is 16.3. The van der Waals surface area contributed by atoms with E-state index in [1.165, 1.54) is 11.8 Å². The Kier molecular flexibility index (Phi) is 8.38. The molecule has 4 rings (SSSR count). The SMILES string of the molecule is COCCNC(=O)c1coc(COc2ccc3c(c2)C(c2ccccc2)N(C(=O)CC(C)C)CC3)n1. The summed E-state index contributed by atoms with van der Waals surface area (Å²) in [5, 5.41) is 2.71. The molecule has 1 unspecified atom stereocenters. The molecular weight excluding hydrogens is 458 g/mol. The fourth-order valence-electron chi connectivity index (χ4n) is 4.40. The fraction of sp³-hybridized carbons (Fsp3) is 0.393. The van der Waals surface area contributed by atoms with E-state index < -0.39 is 0 Å². The van der Waals surface area contributed by atoms with Crippen LogP contribution in [0.2, 0.25) is 0 Å². The molecule has 8 heteroatoms. The van der Waals surface area contributed by atoms with Crippen LogP contribution in [-0.2, 0) is 22.6 Å². The Morgan fingerprint density at radius 3 is 2.75 bits per heavy atom. The van der Waals surface area contributed by atoms with Gasteiger partial charge in [0.25, 0.3) is 5.91 Å². The van der Waals surface area contributed by atoms with E-state index in [-0.39, 0.29) is 36.1 Å². The second-order valence-electron chi connectivity index (χ2n) is 9.27. The molecule has 0 aliphatic carbocycles. The first-order chi connectivity index (χ1) is 17.5. The lowest BCUT2D eigenvalue weighted by Crippen LogP contribution is -2.41. The highest BCUT2D eigenvalue weighted by Gasteiger charge is 2.32. The number of oxazole rings is 1. The van der Waals surface area contributed by atoms with Crippen LogP contribution < -0.4 is 10.1 Å². The standard InChI is InChI=1S/C28H33N3O5/c1-19(2)15-26(32)31-13-11-20-9-10-22(16-23(20)27(31)21-7-5-4-6-8-21)35-18-25-30-24(17-36-25)28(33)29-12-14-34-3/h4-10,16-17,19,27H,11-15,18H2,1-3H3,(H,29,33). The average Bonchev–Trinajstić information content (AvgIpc) is 3.36. The van der Waals surface area contributed by atoms with Crippen molar-refractivity contribution < 1.29 is 23.5 Å². The number of benzene rings is 2. The van der Waals surface area contributed by atoms with E-state index in [1.807, 2.05) is 35.2 Å². The predicted octanol–water partition coefficient (Wildman–Crippen LogP) is 4.15. The molecule has 0 saturated carbocycles. The Balaban J connectivity index is 1.52. The molecular formula is C28H33N3O5.